The van der Waals surface area contributed by atoms with Crippen LogP contribution >= 0.6 is 0 Å². The van der Waals surface area contributed by atoms with Crippen molar-refractivity contribution in [2.45, 2.75) is 26.4 Å². The highest BCUT2D eigenvalue weighted by Crippen LogP contribution is 2.40. The standard InChI is InChI=1S/C11H10F3NO3/c1-3-7-4-5-8(15(17)18)10(11(12,13)14)9(7)6(2)16/h4-5H,3H2,1-2H3. The number of nitrogens with zero attached hydrogens (tertiary/aromatic N) is 1. The van der Waals surface area contributed by atoms with E-state index in [9.17, 15) is 28.1 Å². The van der Waals surface area contributed by atoms with E-state index in [0.717, 1.165) is 13.0 Å². The molecule has 0 saturated carbocycles. The van der Waals surface area contributed by atoms with Crippen LogP contribution in [0.25, 0.3) is 0 Å². The van der Waals surface area contributed by atoms with Crippen LogP contribution in [0, 0.1) is 10.1 Å². The van der Waals surface area contributed by atoms with E-state index in [1.165, 1.54) is 6.07 Å². The number of carbonyl (C=O) groups excluding carboxylic acids is 1. The zero-order chi connectivity index (χ0) is 14.1. The molecule has 0 radical (unpaired) electrons. The number of benzene rings is 1. The van der Waals surface area contributed by atoms with Gasteiger partial charge in [0.15, 0.2) is 5.78 Å². The molecule has 7 heteroatoms. The van der Waals surface area contributed by atoms with E-state index in [1.807, 2.05) is 0 Å². The van der Waals surface area contributed by atoms with Gasteiger partial charge in [0.1, 0.15) is 5.56 Å². The first-order chi connectivity index (χ1) is 8.20. The molecule has 1 aromatic carbocycles. The number of nitro groups is 1. The van der Waals surface area contributed by atoms with Crippen molar-refractivity contribution < 1.29 is 22.9 Å². The first-order valence-electron chi connectivity index (χ1n) is 5.08. The number of halogens is 3. The minimum atomic E-state index is -4.94. The van der Waals surface area contributed by atoms with Crippen LogP contribution in [0.15, 0.2) is 12.1 Å². The molecule has 0 saturated heterocycles. The molecule has 98 valence electrons. The van der Waals surface area contributed by atoms with Crippen molar-refractivity contribution in [1.82, 2.24) is 0 Å². The molecular formula is C11H10F3NO3. The number of carbonyl (C=O) groups is 1. The minimum Gasteiger partial charge on any atom is -0.294 e. The Morgan fingerprint density at radius 3 is 2.28 bits per heavy atom. The molecule has 0 unspecified atom stereocenters. The Hall–Kier alpha value is -1.92. The van der Waals surface area contributed by atoms with Crippen LogP contribution in [0.3, 0.4) is 0 Å². The normalized spacial score (nSPS) is 11.4. The van der Waals surface area contributed by atoms with Gasteiger partial charge in [0.05, 0.1) is 4.92 Å². The number of Topliss-reactive ketones (excluding diaryl/α,β-unsaturated/α-hetero) is 1. The fourth-order valence-corrected chi connectivity index (χ4v) is 1.77. The minimum absolute atomic E-state index is 0.153. The van der Waals surface area contributed by atoms with Crippen LogP contribution in [0.2, 0.25) is 0 Å². The lowest BCUT2D eigenvalue weighted by Gasteiger charge is -2.14. The summed E-state index contributed by atoms with van der Waals surface area (Å²) in [6.07, 6.45) is -4.75. The van der Waals surface area contributed by atoms with Crippen molar-refractivity contribution in [3.63, 3.8) is 0 Å². The van der Waals surface area contributed by atoms with E-state index < -0.39 is 33.7 Å². The number of aryl methyl sites for hydroxylation is 1. The summed E-state index contributed by atoms with van der Waals surface area (Å²) in [7, 11) is 0. The molecular weight excluding hydrogens is 251 g/mol. The summed E-state index contributed by atoms with van der Waals surface area (Å²) in [6.45, 7) is 2.54. The van der Waals surface area contributed by atoms with Crippen LogP contribution in [-0.4, -0.2) is 10.7 Å². The lowest BCUT2D eigenvalue weighted by Crippen LogP contribution is -2.16. The Kier molecular flexibility index (Phi) is 3.73. The van der Waals surface area contributed by atoms with E-state index in [0.29, 0.717) is 0 Å². The molecule has 0 N–H and O–H groups in total. The van der Waals surface area contributed by atoms with Gasteiger partial charge in [-0.2, -0.15) is 13.2 Å². The maximum absolute atomic E-state index is 12.9. The highest BCUT2D eigenvalue weighted by Gasteiger charge is 2.42. The Bertz CT molecular complexity index is 509. The zero-order valence-electron chi connectivity index (χ0n) is 9.67. The average Bonchev–Trinajstić information content (AvgIpc) is 2.25. The van der Waals surface area contributed by atoms with Crippen molar-refractivity contribution in [3.05, 3.63) is 38.9 Å². The summed E-state index contributed by atoms with van der Waals surface area (Å²) < 4.78 is 38.7. The van der Waals surface area contributed by atoms with Crippen molar-refractivity contribution in [3.8, 4) is 0 Å². The SMILES string of the molecule is CCc1ccc([N+](=O)[O-])c(C(F)(F)F)c1C(C)=O. The third kappa shape index (κ3) is 2.49. The molecule has 0 aliphatic heterocycles. The largest absolute Gasteiger partial charge is 0.423 e. The Labute approximate surface area is 101 Å². The van der Waals surface area contributed by atoms with E-state index in [-0.39, 0.29) is 12.0 Å². The topological polar surface area (TPSA) is 60.2 Å². The van der Waals surface area contributed by atoms with E-state index in [2.05, 4.69) is 0 Å². The van der Waals surface area contributed by atoms with Gasteiger partial charge in [-0.15, -0.1) is 0 Å². The Morgan fingerprint density at radius 2 is 1.94 bits per heavy atom. The van der Waals surface area contributed by atoms with Crippen molar-refractivity contribution >= 4 is 11.5 Å². The van der Waals surface area contributed by atoms with Crippen LogP contribution in [0.4, 0.5) is 18.9 Å². The predicted octanol–water partition coefficient (Wildman–Crippen LogP) is 3.38. The van der Waals surface area contributed by atoms with Crippen LogP contribution in [0.1, 0.15) is 35.3 Å². The van der Waals surface area contributed by atoms with Crippen molar-refractivity contribution in [2.24, 2.45) is 0 Å². The van der Waals surface area contributed by atoms with Gasteiger partial charge in [0, 0.05) is 11.6 Å². The third-order valence-electron chi connectivity index (χ3n) is 2.48. The van der Waals surface area contributed by atoms with Crippen LogP contribution in [0.5, 0.6) is 0 Å². The van der Waals surface area contributed by atoms with Gasteiger partial charge >= 0.3 is 6.18 Å². The monoisotopic (exact) mass is 261 g/mol. The van der Waals surface area contributed by atoms with Gasteiger partial charge in [0.2, 0.25) is 0 Å². The number of alkyl halides is 3. The van der Waals surface area contributed by atoms with Crippen molar-refractivity contribution in [1.29, 1.82) is 0 Å². The molecule has 0 fully saturated rings. The summed E-state index contributed by atoms with van der Waals surface area (Å²) in [5, 5.41) is 10.6. The van der Waals surface area contributed by atoms with Gasteiger partial charge in [-0.1, -0.05) is 13.0 Å². The summed E-state index contributed by atoms with van der Waals surface area (Å²) in [5.41, 5.74) is -3.01. The molecule has 0 amide bonds. The molecule has 0 aliphatic carbocycles. The summed E-state index contributed by atoms with van der Waals surface area (Å²) in [6, 6.07) is 1.97. The zero-order valence-corrected chi connectivity index (χ0v) is 9.67. The van der Waals surface area contributed by atoms with Crippen molar-refractivity contribution in [2.75, 3.05) is 0 Å². The lowest BCUT2D eigenvalue weighted by molar-refractivity contribution is -0.388. The fraction of sp³-hybridized carbons (Fsp3) is 0.364. The first kappa shape index (κ1) is 14.1. The Balaban J connectivity index is 3.77. The highest BCUT2D eigenvalue weighted by atomic mass is 19.4. The maximum Gasteiger partial charge on any atom is 0.423 e. The molecule has 0 spiro atoms. The quantitative estimate of drug-likeness (QED) is 0.476. The molecule has 0 aromatic heterocycles. The van der Waals surface area contributed by atoms with E-state index in [1.54, 1.807) is 6.92 Å². The highest BCUT2D eigenvalue weighted by molar-refractivity contribution is 5.98. The van der Waals surface area contributed by atoms with Gasteiger partial charge in [0.25, 0.3) is 5.69 Å². The second-order valence-electron chi connectivity index (χ2n) is 3.66. The fourth-order valence-electron chi connectivity index (χ4n) is 1.77. The molecule has 0 atom stereocenters. The molecule has 18 heavy (non-hydrogen) atoms. The number of hydrogen-bond acceptors (Lipinski definition) is 3. The molecule has 0 heterocycles. The summed E-state index contributed by atoms with van der Waals surface area (Å²) in [4.78, 5) is 20.9. The van der Waals surface area contributed by atoms with Gasteiger partial charge in [-0.3, -0.25) is 14.9 Å². The van der Waals surface area contributed by atoms with Gasteiger partial charge in [-0.05, 0) is 18.9 Å². The number of hydrogen-bond donors (Lipinski definition) is 0. The Morgan fingerprint density at radius 1 is 1.39 bits per heavy atom. The second-order valence-corrected chi connectivity index (χ2v) is 3.66. The summed E-state index contributed by atoms with van der Waals surface area (Å²) in [5.74, 6) is -0.831. The van der Waals surface area contributed by atoms with Gasteiger partial charge in [-0.25, -0.2) is 0 Å². The molecule has 1 rings (SSSR count). The molecule has 0 aliphatic rings. The van der Waals surface area contributed by atoms with E-state index >= 15 is 0 Å². The number of nitro benzene ring substituents is 1. The molecule has 1 aromatic rings. The smallest absolute Gasteiger partial charge is 0.294 e. The summed E-state index contributed by atoms with van der Waals surface area (Å²) >= 11 is 0. The second kappa shape index (κ2) is 4.75. The van der Waals surface area contributed by atoms with Gasteiger partial charge < -0.3 is 0 Å². The third-order valence-corrected chi connectivity index (χ3v) is 2.48. The van der Waals surface area contributed by atoms with Crippen LogP contribution < -0.4 is 0 Å². The number of rotatable bonds is 3. The number of ketones is 1. The molecule has 4 nitrogen and oxygen atoms in total. The van der Waals surface area contributed by atoms with Crippen LogP contribution in [-0.2, 0) is 12.6 Å². The molecule has 0 bridgehead atoms. The lowest BCUT2D eigenvalue weighted by atomic mass is 9.94. The van der Waals surface area contributed by atoms with E-state index in [4.69, 9.17) is 0 Å². The first-order valence-corrected chi connectivity index (χ1v) is 5.08. The predicted molar refractivity (Wildman–Crippen MR) is 57.5 cm³/mol. The maximum atomic E-state index is 12.9. The average molecular weight is 261 g/mol.